The summed E-state index contributed by atoms with van der Waals surface area (Å²) in [4.78, 5) is 10.2. The van der Waals surface area contributed by atoms with Gasteiger partial charge < -0.3 is 10.5 Å². The Hall–Kier alpha value is -2.82. The number of hydrogen-bond donors (Lipinski definition) is 1. The fourth-order valence-electron chi connectivity index (χ4n) is 2.14. The van der Waals surface area contributed by atoms with Crippen LogP contribution in [0.3, 0.4) is 0 Å². The molecule has 2 N–H and O–H groups in total. The first-order valence-electron chi connectivity index (χ1n) is 6.17. The Balaban J connectivity index is 2.07. The molecule has 0 aliphatic heterocycles. The minimum atomic E-state index is 0.234. The molecule has 0 aliphatic rings. The molecule has 0 unspecified atom stereocenters. The average molecular weight is 267 g/mol. The second-order valence-electron chi connectivity index (χ2n) is 4.39. The van der Waals surface area contributed by atoms with Gasteiger partial charge in [-0.1, -0.05) is 24.3 Å². The van der Waals surface area contributed by atoms with E-state index in [4.69, 9.17) is 10.5 Å². The monoisotopic (exact) mass is 267 g/mol. The fraction of sp³-hybridized carbons (Fsp3) is 0.0667. The number of carbonyl (C=O) groups excluding carboxylic acids is 1. The summed E-state index contributed by atoms with van der Waals surface area (Å²) in [5.41, 5.74) is 8.70. The molecule has 2 aromatic carbocycles. The summed E-state index contributed by atoms with van der Waals surface area (Å²) in [5, 5.41) is 5.38. The maximum atomic E-state index is 10.2. The van der Waals surface area contributed by atoms with E-state index in [-0.39, 0.29) is 6.61 Å². The van der Waals surface area contributed by atoms with E-state index in [0.717, 1.165) is 22.2 Å². The van der Waals surface area contributed by atoms with Crippen LogP contribution in [0.2, 0.25) is 0 Å². The molecule has 0 amide bonds. The van der Waals surface area contributed by atoms with E-state index in [2.05, 4.69) is 5.10 Å². The van der Waals surface area contributed by atoms with Crippen LogP contribution in [0.4, 0.5) is 5.82 Å². The number of aromatic nitrogens is 2. The average Bonchev–Trinajstić information content (AvgIpc) is 2.83. The van der Waals surface area contributed by atoms with E-state index in [1.54, 1.807) is 4.68 Å². The highest BCUT2D eigenvalue weighted by molar-refractivity contribution is 5.90. The topological polar surface area (TPSA) is 70.1 Å². The molecule has 0 atom stereocenters. The van der Waals surface area contributed by atoms with Gasteiger partial charge in [-0.25, -0.2) is 4.68 Å². The second-order valence-corrected chi connectivity index (χ2v) is 4.39. The summed E-state index contributed by atoms with van der Waals surface area (Å²) in [6.07, 6.45) is 0. The smallest absolute Gasteiger partial charge is 0.293 e. The third-order valence-electron chi connectivity index (χ3n) is 3.09. The molecule has 0 aliphatic carbocycles. The highest BCUT2D eigenvalue weighted by Crippen LogP contribution is 2.24. The van der Waals surface area contributed by atoms with Gasteiger partial charge in [-0.2, -0.15) is 5.10 Å². The minimum absolute atomic E-state index is 0.234. The number of ether oxygens (including phenoxy) is 1. The maximum absolute atomic E-state index is 10.2. The molecule has 0 radical (unpaired) electrons. The number of hydrogen-bond acceptors (Lipinski definition) is 4. The van der Waals surface area contributed by atoms with E-state index < -0.39 is 0 Å². The Morgan fingerprint density at radius 2 is 2.00 bits per heavy atom. The van der Waals surface area contributed by atoms with Gasteiger partial charge in [0, 0.05) is 5.39 Å². The molecular formula is C15H13N3O2. The molecule has 0 saturated heterocycles. The first-order valence-corrected chi connectivity index (χ1v) is 6.17. The van der Waals surface area contributed by atoms with Crippen molar-refractivity contribution in [2.45, 2.75) is 6.61 Å². The van der Waals surface area contributed by atoms with Crippen LogP contribution >= 0.6 is 0 Å². The van der Waals surface area contributed by atoms with Crippen molar-refractivity contribution in [3.05, 3.63) is 54.1 Å². The van der Waals surface area contributed by atoms with Crippen molar-refractivity contribution < 1.29 is 9.53 Å². The van der Waals surface area contributed by atoms with Crippen LogP contribution < -0.4 is 5.73 Å². The lowest BCUT2D eigenvalue weighted by atomic mass is 10.2. The second kappa shape index (κ2) is 5.05. The zero-order valence-corrected chi connectivity index (χ0v) is 10.7. The molecule has 100 valence electrons. The number of nitrogen functional groups attached to an aromatic ring is 1. The Morgan fingerprint density at radius 1 is 1.20 bits per heavy atom. The molecule has 1 heterocycles. The van der Waals surface area contributed by atoms with E-state index in [0.29, 0.717) is 12.3 Å². The predicted octanol–water partition coefficient (Wildman–Crippen LogP) is 2.28. The molecule has 3 aromatic rings. The summed E-state index contributed by atoms with van der Waals surface area (Å²) in [6.45, 7) is 0.665. The van der Waals surface area contributed by atoms with Crippen LogP contribution in [0.1, 0.15) is 5.56 Å². The van der Waals surface area contributed by atoms with Gasteiger partial charge in [-0.15, -0.1) is 0 Å². The van der Waals surface area contributed by atoms with Crippen LogP contribution in [-0.4, -0.2) is 16.3 Å². The summed E-state index contributed by atoms with van der Waals surface area (Å²) >= 11 is 0. The first-order chi connectivity index (χ1) is 9.79. The largest absolute Gasteiger partial charge is 0.463 e. The zero-order valence-electron chi connectivity index (χ0n) is 10.7. The molecular weight excluding hydrogens is 254 g/mol. The van der Waals surface area contributed by atoms with Crippen LogP contribution in [-0.2, 0) is 16.1 Å². The number of nitrogens with two attached hydrogens (primary N) is 1. The van der Waals surface area contributed by atoms with Gasteiger partial charge in [0.15, 0.2) is 0 Å². The molecule has 0 fully saturated rings. The standard InChI is InChI=1S/C15H13N3O2/c16-15-13-7-6-11(9-20-10-19)8-14(13)17-18(15)12-4-2-1-3-5-12/h1-8,10H,9,16H2. The quantitative estimate of drug-likeness (QED) is 0.736. The lowest BCUT2D eigenvalue weighted by molar-refractivity contribution is -0.129. The third kappa shape index (κ3) is 2.09. The fourth-order valence-corrected chi connectivity index (χ4v) is 2.14. The molecule has 0 bridgehead atoms. The summed E-state index contributed by atoms with van der Waals surface area (Å²) in [7, 11) is 0. The van der Waals surface area contributed by atoms with Crippen molar-refractivity contribution in [1.29, 1.82) is 0 Å². The number of carbonyl (C=O) groups is 1. The van der Waals surface area contributed by atoms with Crippen LogP contribution in [0.15, 0.2) is 48.5 Å². The van der Waals surface area contributed by atoms with Gasteiger partial charge in [0.05, 0.1) is 11.2 Å². The van der Waals surface area contributed by atoms with Gasteiger partial charge in [0.2, 0.25) is 0 Å². The maximum Gasteiger partial charge on any atom is 0.293 e. The van der Waals surface area contributed by atoms with Crippen molar-refractivity contribution in [3.8, 4) is 5.69 Å². The van der Waals surface area contributed by atoms with Gasteiger partial charge in [0.1, 0.15) is 12.4 Å². The number of anilines is 1. The zero-order chi connectivity index (χ0) is 13.9. The van der Waals surface area contributed by atoms with Gasteiger partial charge >= 0.3 is 0 Å². The van der Waals surface area contributed by atoms with E-state index in [1.807, 2.05) is 48.5 Å². The van der Waals surface area contributed by atoms with Gasteiger partial charge in [-0.05, 0) is 29.8 Å². The van der Waals surface area contributed by atoms with Crippen molar-refractivity contribution >= 4 is 23.2 Å². The van der Waals surface area contributed by atoms with Crippen LogP contribution in [0, 0.1) is 0 Å². The number of fused-ring (bicyclic) bond motifs is 1. The predicted molar refractivity (Wildman–Crippen MR) is 76.3 cm³/mol. The molecule has 1 aromatic heterocycles. The van der Waals surface area contributed by atoms with Gasteiger partial charge in [-0.3, -0.25) is 4.79 Å². The highest BCUT2D eigenvalue weighted by atomic mass is 16.5. The third-order valence-corrected chi connectivity index (χ3v) is 3.09. The van der Waals surface area contributed by atoms with Crippen molar-refractivity contribution in [2.24, 2.45) is 0 Å². The Morgan fingerprint density at radius 3 is 2.75 bits per heavy atom. The number of benzene rings is 2. The number of rotatable bonds is 4. The van der Waals surface area contributed by atoms with Crippen molar-refractivity contribution in [1.82, 2.24) is 9.78 Å². The minimum Gasteiger partial charge on any atom is -0.463 e. The lowest BCUT2D eigenvalue weighted by Crippen LogP contribution is -2.00. The molecule has 5 heteroatoms. The number of nitrogens with zero attached hydrogens (tertiary/aromatic N) is 2. The lowest BCUT2D eigenvalue weighted by Gasteiger charge is -2.02. The SMILES string of the molecule is Nc1c2ccc(COC=O)cc2nn1-c1ccccc1. The molecule has 3 rings (SSSR count). The van der Waals surface area contributed by atoms with Gasteiger partial charge in [0.25, 0.3) is 6.47 Å². The normalized spacial score (nSPS) is 10.6. The molecule has 20 heavy (non-hydrogen) atoms. The van der Waals surface area contributed by atoms with Crippen molar-refractivity contribution in [3.63, 3.8) is 0 Å². The van der Waals surface area contributed by atoms with E-state index >= 15 is 0 Å². The Kier molecular flexibility index (Phi) is 3.09. The Bertz CT molecular complexity index is 750. The highest BCUT2D eigenvalue weighted by Gasteiger charge is 2.10. The van der Waals surface area contributed by atoms with Crippen LogP contribution in [0.5, 0.6) is 0 Å². The molecule has 0 saturated carbocycles. The summed E-state index contributed by atoms with van der Waals surface area (Å²) < 4.78 is 6.45. The van der Waals surface area contributed by atoms with E-state index in [1.165, 1.54) is 0 Å². The van der Waals surface area contributed by atoms with Crippen LogP contribution in [0.25, 0.3) is 16.6 Å². The number of para-hydroxylation sites is 1. The summed E-state index contributed by atoms with van der Waals surface area (Å²) in [5.74, 6) is 0.592. The first kappa shape index (κ1) is 12.2. The van der Waals surface area contributed by atoms with Crippen molar-refractivity contribution in [2.75, 3.05) is 5.73 Å². The molecule has 5 nitrogen and oxygen atoms in total. The molecule has 0 spiro atoms. The Labute approximate surface area is 115 Å². The summed E-state index contributed by atoms with van der Waals surface area (Å²) in [6, 6.07) is 15.3. The van der Waals surface area contributed by atoms with E-state index in [9.17, 15) is 4.79 Å².